The standard InChI is InChI=1S/C15H31N3O/c1-14(12-18-7-5-16-6-8-18)11-17(2)13-15-3-9-19-10-4-15/h14-16H,3-13H2,1-2H3. The van der Waals surface area contributed by atoms with Crippen LogP contribution in [-0.2, 0) is 4.74 Å². The average molecular weight is 269 g/mol. The second-order valence-electron chi connectivity index (χ2n) is 6.43. The monoisotopic (exact) mass is 269 g/mol. The van der Waals surface area contributed by atoms with Crippen LogP contribution >= 0.6 is 0 Å². The minimum Gasteiger partial charge on any atom is -0.381 e. The van der Waals surface area contributed by atoms with Crippen molar-refractivity contribution >= 4 is 0 Å². The molecule has 2 fully saturated rings. The van der Waals surface area contributed by atoms with Crippen LogP contribution in [0.3, 0.4) is 0 Å². The van der Waals surface area contributed by atoms with Crippen molar-refractivity contribution in [2.24, 2.45) is 11.8 Å². The first-order valence-electron chi connectivity index (χ1n) is 7.93. The Bertz CT molecular complexity index is 214. The van der Waals surface area contributed by atoms with Crippen molar-refractivity contribution < 1.29 is 4.74 Å². The van der Waals surface area contributed by atoms with Crippen LogP contribution in [0.4, 0.5) is 0 Å². The second kappa shape index (κ2) is 8.20. The Balaban J connectivity index is 1.61. The molecule has 0 spiro atoms. The molecule has 2 saturated heterocycles. The van der Waals surface area contributed by atoms with Gasteiger partial charge in [0.15, 0.2) is 0 Å². The van der Waals surface area contributed by atoms with Gasteiger partial charge in [-0.25, -0.2) is 0 Å². The summed E-state index contributed by atoms with van der Waals surface area (Å²) in [6, 6.07) is 0. The number of rotatable bonds is 6. The zero-order valence-electron chi connectivity index (χ0n) is 12.7. The van der Waals surface area contributed by atoms with Crippen LogP contribution in [0.2, 0.25) is 0 Å². The van der Waals surface area contributed by atoms with Crippen LogP contribution in [0.1, 0.15) is 19.8 Å². The van der Waals surface area contributed by atoms with Crippen molar-refractivity contribution in [1.82, 2.24) is 15.1 Å². The van der Waals surface area contributed by atoms with Gasteiger partial charge in [0, 0.05) is 59.0 Å². The van der Waals surface area contributed by atoms with Gasteiger partial charge in [0.2, 0.25) is 0 Å². The molecular formula is C15H31N3O. The zero-order valence-corrected chi connectivity index (χ0v) is 12.7. The summed E-state index contributed by atoms with van der Waals surface area (Å²) in [5, 5.41) is 3.42. The van der Waals surface area contributed by atoms with Crippen LogP contribution in [0.15, 0.2) is 0 Å². The van der Waals surface area contributed by atoms with E-state index in [-0.39, 0.29) is 0 Å². The number of ether oxygens (including phenoxy) is 1. The molecule has 0 amide bonds. The van der Waals surface area contributed by atoms with Gasteiger partial charge in [-0.3, -0.25) is 0 Å². The Morgan fingerprint density at radius 1 is 1.26 bits per heavy atom. The topological polar surface area (TPSA) is 27.7 Å². The Labute approximate surface area is 118 Å². The summed E-state index contributed by atoms with van der Waals surface area (Å²) in [5.74, 6) is 1.62. The lowest BCUT2D eigenvalue weighted by molar-refractivity contribution is 0.0533. The minimum absolute atomic E-state index is 0.767. The Morgan fingerprint density at radius 2 is 1.95 bits per heavy atom. The first kappa shape index (κ1) is 15.2. The van der Waals surface area contributed by atoms with Crippen LogP contribution < -0.4 is 5.32 Å². The third-order valence-corrected chi connectivity index (χ3v) is 4.31. The van der Waals surface area contributed by atoms with E-state index in [1.165, 1.54) is 45.6 Å². The smallest absolute Gasteiger partial charge is 0.0469 e. The maximum Gasteiger partial charge on any atom is 0.0469 e. The molecule has 112 valence electrons. The quantitative estimate of drug-likeness (QED) is 0.775. The van der Waals surface area contributed by atoms with E-state index in [9.17, 15) is 0 Å². The normalized spacial score (nSPS) is 24.8. The van der Waals surface area contributed by atoms with Gasteiger partial charge in [-0.15, -0.1) is 0 Å². The molecule has 0 aromatic heterocycles. The molecule has 0 saturated carbocycles. The number of nitrogens with one attached hydrogen (secondary N) is 1. The maximum absolute atomic E-state index is 5.43. The average Bonchev–Trinajstić information content (AvgIpc) is 2.40. The number of piperazine rings is 1. The molecule has 1 atom stereocenters. The highest BCUT2D eigenvalue weighted by molar-refractivity contribution is 4.73. The highest BCUT2D eigenvalue weighted by atomic mass is 16.5. The summed E-state index contributed by atoms with van der Waals surface area (Å²) in [4.78, 5) is 5.13. The predicted molar refractivity (Wildman–Crippen MR) is 79.5 cm³/mol. The lowest BCUT2D eigenvalue weighted by atomic mass is 9.99. The van der Waals surface area contributed by atoms with E-state index in [2.05, 4.69) is 29.1 Å². The van der Waals surface area contributed by atoms with Gasteiger partial charge < -0.3 is 19.9 Å². The fourth-order valence-electron chi connectivity index (χ4n) is 3.37. The molecule has 0 bridgehead atoms. The van der Waals surface area contributed by atoms with Crippen LogP contribution in [0.25, 0.3) is 0 Å². The van der Waals surface area contributed by atoms with Gasteiger partial charge in [0.25, 0.3) is 0 Å². The minimum atomic E-state index is 0.767. The van der Waals surface area contributed by atoms with Crippen molar-refractivity contribution in [1.29, 1.82) is 0 Å². The van der Waals surface area contributed by atoms with Crippen molar-refractivity contribution in [2.45, 2.75) is 19.8 Å². The Morgan fingerprint density at radius 3 is 2.63 bits per heavy atom. The zero-order chi connectivity index (χ0) is 13.5. The van der Waals surface area contributed by atoms with Gasteiger partial charge in [-0.05, 0) is 31.7 Å². The van der Waals surface area contributed by atoms with Crippen molar-refractivity contribution in [2.75, 3.05) is 66.1 Å². The molecule has 2 aliphatic heterocycles. The summed E-state index contributed by atoms with van der Waals surface area (Å²) in [6.45, 7) is 12.8. The predicted octanol–water partition coefficient (Wildman–Crippen LogP) is 0.886. The summed E-state index contributed by atoms with van der Waals surface area (Å²) in [6.07, 6.45) is 2.49. The van der Waals surface area contributed by atoms with Gasteiger partial charge in [-0.2, -0.15) is 0 Å². The Kier molecular flexibility index (Phi) is 6.57. The third-order valence-electron chi connectivity index (χ3n) is 4.31. The van der Waals surface area contributed by atoms with Gasteiger partial charge in [-0.1, -0.05) is 6.92 Å². The maximum atomic E-state index is 5.43. The summed E-state index contributed by atoms with van der Waals surface area (Å²) in [7, 11) is 2.28. The first-order chi connectivity index (χ1) is 9.24. The third kappa shape index (κ3) is 5.78. The second-order valence-corrected chi connectivity index (χ2v) is 6.43. The summed E-state index contributed by atoms with van der Waals surface area (Å²) in [5.41, 5.74) is 0. The molecule has 0 radical (unpaired) electrons. The van der Waals surface area contributed by atoms with E-state index in [4.69, 9.17) is 4.74 Å². The van der Waals surface area contributed by atoms with E-state index >= 15 is 0 Å². The molecule has 1 unspecified atom stereocenters. The molecule has 0 aliphatic carbocycles. The summed E-state index contributed by atoms with van der Waals surface area (Å²) >= 11 is 0. The molecule has 4 heteroatoms. The number of hydrogen-bond donors (Lipinski definition) is 1. The summed E-state index contributed by atoms with van der Waals surface area (Å²) < 4.78 is 5.43. The molecule has 2 rings (SSSR count). The first-order valence-corrected chi connectivity index (χ1v) is 7.93. The van der Waals surface area contributed by atoms with Crippen molar-refractivity contribution in [3.63, 3.8) is 0 Å². The number of nitrogens with zero attached hydrogens (tertiary/aromatic N) is 2. The molecule has 2 aliphatic rings. The molecular weight excluding hydrogens is 238 g/mol. The van der Waals surface area contributed by atoms with E-state index in [1.54, 1.807) is 0 Å². The molecule has 0 aromatic rings. The van der Waals surface area contributed by atoms with Crippen molar-refractivity contribution in [3.05, 3.63) is 0 Å². The van der Waals surface area contributed by atoms with E-state index in [0.717, 1.165) is 38.1 Å². The van der Waals surface area contributed by atoms with Crippen molar-refractivity contribution in [3.8, 4) is 0 Å². The Hall–Kier alpha value is -0.160. The fourth-order valence-corrected chi connectivity index (χ4v) is 3.37. The highest BCUT2D eigenvalue weighted by Crippen LogP contribution is 2.16. The van der Waals surface area contributed by atoms with Crippen LogP contribution in [0.5, 0.6) is 0 Å². The fraction of sp³-hybridized carbons (Fsp3) is 1.00. The van der Waals surface area contributed by atoms with E-state index < -0.39 is 0 Å². The van der Waals surface area contributed by atoms with Gasteiger partial charge >= 0.3 is 0 Å². The molecule has 1 N–H and O–H groups in total. The largest absolute Gasteiger partial charge is 0.381 e. The lowest BCUT2D eigenvalue weighted by Gasteiger charge is -2.32. The van der Waals surface area contributed by atoms with Crippen LogP contribution in [-0.4, -0.2) is 75.9 Å². The van der Waals surface area contributed by atoms with Crippen LogP contribution in [0, 0.1) is 11.8 Å². The van der Waals surface area contributed by atoms with Gasteiger partial charge in [0.1, 0.15) is 0 Å². The highest BCUT2D eigenvalue weighted by Gasteiger charge is 2.18. The molecule has 4 nitrogen and oxygen atoms in total. The van der Waals surface area contributed by atoms with Gasteiger partial charge in [0.05, 0.1) is 0 Å². The SMILES string of the molecule is CC(CN(C)CC1CCOCC1)CN1CCNCC1. The molecule has 2 heterocycles. The number of hydrogen-bond acceptors (Lipinski definition) is 4. The lowest BCUT2D eigenvalue weighted by Crippen LogP contribution is -2.46. The van der Waals surface area contributed by atoms with E-state index in [0.29, 0.717) is 0 Å². The molecule has 0 aromatic carbocycles. The van der Waals surface area contributed by atoms with E-state index in [1.807, 2.05) is 0 Å². The molecule has 19 heavy (non-hydrogen) atoms.